The van der Waals surface area contributed by atoms with Gasteiger partial charge in [0.25, 0.3) is 5.91 Å². The molecule has 1 fully saturated rings. The molecular formula is C22H28N6O4. The number of fused-ring (bicyclic) bond motifs is 1. The quantitative estimate of drug-likeness (QED) is 0.660. The second-order valence-electron chi connectivity index (χ2n) is 7.91. The van der Waals surface area contributed by atoms with Crippen molar-refractivity contribution in [2.45, 2.75) is 38.1 Å². The Kier molecular flexibility index (Phi) is 6.40. The van der Waals surface area contributed by atoms with Crippen molar-refractivity contribution < 1.29 is 19.2 Å². The number of aromatic nitrogens is 2. The number of nitrogens with one attached hydrogen (secondary N) is 2. The van der Waals surface area contributed by atoms with Crippen molar-refractivity contribution in [3.05, 3.63) is 30.0 Å². The van der Waals surface area contributed by atoms with E-state index in [2.05, 4.69) is 25.5 Å². The fraction of sp³-hybridized carbons (Fsp3) is 0.455. The maximum Gasteiger partial charge on any atom is 0.274 e. The number of ether oxygens (including phenoxy) is 1. The molecule has 170 valence electrons. The molecule has 10 heteroatoms. The number of nitrogens with zero attached hydrogens (tertiary/aromatic N) is 4. The molecule has 32 heavy (non-hydrogen) atoms. The first-order valence-corrected chi connectivity index (χ1v) is 10.7. The number of hydrogen-bond donors (Lipinski definition) is 2. The Balaban J connectivity index is 1.66. The molecule has 1 aromatic heterocycles. The summed E-state index contributed by atoms with van der Waals surface area (Å²) in [5, 5.41) is 3.19. The van der Waals surface area contributed by atoms with Crippen molar-refractivity contribution in [3.8, 4) is 5.75 Å². The monoisotopic (exact) mass is 440 g/mol. The van der Waals surface area contributed by atoms with Crippen molar-refractivity contribution in [2.24, 2.45) is 0 Å². The molecule has 0 saturated heterocycles. The number of rotatable bonds is 6. The van der Waals surface area contributed by atoms with Crippen LogP contribution in [-0.2, 0) is 9.63 Å². The summed E-state index contributed by atoms with van der Waals surface area (Å²) in [5.74, 6) is 1.30. The number of hydrogen-bond acceptors (Lipinski definition) is 8. The van der Waals surface area contributed by atoms with E-state index in [1.165, 1.54) is 27.1 Å². The molecule has 4 rings (SSSR count). The zero-order valence-electron chi connectivity index (χ0n) is 18.6. The summed E-state index contributed by atoms with van der Waals surface area (Å²) >= 11 is 0. The lowest BCUT2D eigenvalue weighted by molar-refractivity contribution is -0.118. The van der Waals surface area contributed by atoms with Crippen LogP contribution in [0.1, 0.15) is 42.5 Å². The van der Waals surface area contributed by atoms with Crippen LogP contribution in [0.5, 0.6) is 5.75 Å². The zero-order valence-corrected chi connectivity index (χ0v) is 18.6. The van der Waals surface area contributed by atoms with Crippen molar-refractivity contribution in [1.82, 2.24) is 15.4 Å². The van der Waals surface area contributed by atoms with E-state index in [4.69, 9.17) is 9.72 Å². The van der Waals surface area contributed by atoms with Crippen molar-refractivity contribution >= 4 is 35.0 Å². The predicted octanol–water partition coefficient (Wildman–Crippen LogP) is 2.64. The normalized spacial score (nSPS) is 16.5. The van der Waals surface area contributed by atoms with E-state index in [0.29, 0.717) is 47.6 Å². The van der Waals surface area contributed by atoms with E-state index in [0.717, 1.165) is 18.7 Å². The molecule has 10 nitrogen and oxygen atoms in total. The summed E-state index contributed by atoms with van der Waals surface area (Å²) < 4.78 is 5.45. The van der Waals surface area contributed by atoms with Crippen LogP contribution in [0.15, 0.2) is 24.4 Å². The van der Waals surface area contributed by atoms with Crippen LogP contribution in [0.4, 0.5) is 23.1 Å². The van der Waals surface area contributed by atoms with Crippen LogP contribution in [0, 0.1) is 0 Å². The molecular weight excluding hydrogens is 412 g/mol. The molecule has 1 aromatic carbocycles. The molecule has 2 aliphatic rings. The van der Waals surface area contributed by atoms with E-state index in [9.17, 15) is 9.59 Å². The van der Waals surface area contributed by atoms with E-state index in [-0.39, 0.29) is 11.8 Å². The average Bonchev–Trinajstić information content (AvgIpc) is 3.30. The smallest absolute Gasteiger partial charge is 0.274 e. The van der Waals surface area contributed by atoms with Gasteiger partial charge < -0.3 is 19.9 Å². The second kappa shape index (κ2) is 9.39. The third-order valence-corrected chi connectivity index (χ3v) is 5.99. The summed E-state index contributed by atoms with van der Waals surface area (Å²) in [6.07, 6.45) is 6.72. The van der Waals surface area contributed by atoms with E-state index >= 15 is 0 Å². The molecule has 0 unspecified atom stereocenters. The fourth-order valence-electron chi connectivity index (χ4n) is 4.28. The Morgan fingerprint density at radius 1 is 1.22 bits per heavy atom. The first kappa shape index (κ1) is 21.8. The van der Waals surface area contributed by atoms with Crippen molar-refractivity contribution in [2.75, 3.05) is 42.9 Å². The van der Waals surface area contributed by atoms with Crippen LogP contribution in [0.2, 0.25) is 0 Å². The highest BCUT2D eigenvalue weighted by Gasteiger charge is 2.31. The lowest BCUT2D eigenvalue weighted by Gasteiger charge is -2.30. The fourth-order valence-corrected chi connectivity index (χ4v) is 4.28. The van der Waals surface area contributed by atoms with Gasteiger partial charge in [0.05, 0.1) is 26.1 Å². The van der Waals surface area contributed by atoms with Crippen LogP contribution in [0.3, 0.4) is 0 Å². The van der Waals surface area contributed by atoms with Crippen LogP contribution >= 0.6 is 0 Å². The minimum atomic E-state index is -0.376. The molecule has 1 saturated carbocycles. The third-order valence-electron chi connectivity index (χ3n) is 5.99. The Morgan fingerprint density at radius 2 is 2.00 bits per heavy atom. The predicted molar refractivity (Wildman–Crippen MR) is 120 cm³/mol. The number of carbonyl (C=O) groups is 2. The lowest BCUT2D eigenvalue weighted by Crippen LogP contribution is -2.34. The maximum absolute atomic E-state index is 12.5. The van der Waals surface area contributed by atoms with Crippen LogP contribution in [-0.4, -0.2) is 55.6 Å². The van der Waals surface area contributed by atoms with Crippen LogP contribution < -0.4 is 25.3 Å². The molecule has 0 atom stereocenters. The standard InChI is InChI=1S/C22H28N6O4/c1-27-17-13-23-22(24-16-9-8-14(12-18(16)31-2)21(30)26-32-3)25-20(17)28(11-10-19(27)29)15-6-4-5-7-15/h8-9,12-13,15H,4-7,10-11H2,1-3H3,(H,26,30)(H,23,24,25). The Labute approximate surface area is 186 Å². The molecule has 1 aliphatic carbocycles. The van der Waals surface area contributed by atoms with Gasteiger partial charge in [-0.3, -0.25) is 14.4 Å². The average molecular weight is 441 g/mol. The summed E-state index contributed by atoms with van der Waals surface area (Å²) in [6, 6.07) is 5.36. The van der Waals surface area contributed by atoms with Gasteiger partial charge in [0.1, 0.15) is 11.4 Å². The summed E-state index contributed by atoms with van der Waals surface area (Å²) in [4.78, 5) is 42.3. The van der Waals surface area contributed by atoms with Gasteiger partial charge in [0.15, 0.2) is 5.82 Å². The molecule has 2 heterocycles. The summed E-state index contributed by atoms with van der Waals surface area (Å²) in [5.41, 5.74) is 4.01. The number of hydroxylamine groups is 1. The van der Waals surface area contributed by atoms with Gasteiger partial charge in [-0.25, -0.2) is 10.5 Å². The highest BCUT2D eigenvalue weighted by molar-refractivity contribution is 5.97. The molecule has 0 spiro atoms. The SMILES string of the molecule is CONC(=O)c1ccc(Nc2ncc3c(n2)N(C2CCCC2)CCC(=O)N3C)c(OC)c1. The minimum absolute atomic E-state index is 0.0580. The van der Waals surface area contributed by atoms with E-state index < -0.39 is 0 Å². The van der Waals surface area contributed by atoms with Gasteiger partial charge >= 0.3 is 0 Å². The highest BCUT2D eigenvalue weighted by atomic mass is 16.6. The lowest BCUT2D eigenvalue weighted by atomic mass is 10.2. The molecule has 2 amide bonds. The molecule has 0 radical (unpaired) electrons. The molecule has 2 N–H and O–H groups in total. The van der Waals surface area contributed by atoms with Crippen LogP contribution in [0.25, 0.3) is 0 Å². The minimum Gasteiger partial charge on any atom is -0.495 e. The number of anilines is 4. The van der Waals surface area contributed by atoms with Gasteiger partial charge in [0.2, 0.25) is 11.9 Å². The number of benzene rings is 1. The highest BCUT2D eigenvalue weighted by Crippen LogP contribution is 2.36. The van der Waals surface area contributed by atoms with Gasteiger partial charge in [-0.1, -0.05) is 12.8 Å². The van der Waals surface area contributed by atoms with Gasteiger partial charge in [-0.05, 0) is 31.0 Å². The second-order valence-corrected chi connectivity index (χ2v) is 7.91. The van der Waals surface area contributed by atoms with E-state index in [1.54, 1.807) is 36.3 Å². The number of amides is 2. The molecule has 1 aliphatic heterocycles. The molecule has 2 aromatic rings. The van der Waals surface area contributed by atoms with Gasteiger partial charge in [-0.15, -0.1) is 0 Å². The Bertz CT molecular complexity index is 1010. The topological polar surface area (TPSA) is 109 Å². The first-order valence-electron chi connectivity index (χ1n) is 10.7. The Morgan fingerprint density at radius 3 is 2.72 bits per heavy atom. The summed E-state index contributed by atoms with van der Waals surface area (Å²) in [7, 11) is 4.67. The first-order chi connectivity index (χ1) is 15.5. The summed E-state index contributed by atoms with van der Waals surface area (Å²) in [6.45, 7) is 0.643. The maximum atomic E-state index is 12.5. The number of methoxy groups -OCH3 is 1. The molecule has 0 bridgehead atoms. The number of carbonyl (C=O) groups excluding carboxylic acids is 2. The third kappa shape index (κ3) is 4.31. The van der Waals surface area contributed by atoms with Crippen molar-refractivity contribution in [3.63, 3.8) is 0 Å². The largest absolute Gasteiger partial charge is 0.495 e. The zero-order chi connectivity index (χ0) is 22.7. The van der Waals surface area contributed by atoms with Gasteiger partial charge in [0, 0.05) is 31.6 Å². The van der Waals surface area contributed by atoms with Crippen molar-refractivity contribution in [1.29, 1.82) is 0 Å². The van der Waals surface area contributed by atoms with Gasteiger partial charge in [-0.2, -0.15) is 4.98 Å². The Hall–Kier alpha value is -3.40. The van der Waals surface area contributed by atoms with E-state index in [1.807, 2.05) is 0 Å².